The molecule has 0 aliphatic heterocycles. The van der Waals surface area contributed by atoms with Gasteiger partial charge < -0.3 is 5.32 Å². The molecule has 1 aromatic rings. The average Bonchev–Trinajstić information content (AvgIpc) is 2.19. The summed E-state index contributed by atoms with van der Waals surface area (Å²) in [4.78, 5) is 0. The largest absolute Gasteiger partial charge is 0.383 e. The molecule has 0 spiro atoms. The summed E-state index contributed by atoms with van der Waals surface area (Å²) in [5, 5.41) is 3.13. The second-order valence-electron chi connectivity index (χ2n) is 4.98. The zero-order chi connectivity index (χ0) is 14.0. The van der Waals surface area contributed by atoms with Crippen LogP contribution in [0, 0.1) is 5.82 Å². The second-order valence-corrected chi connectivity index (χ2v) is 8.25. The predicted molar refractivity (Wildman–Crippen MR) is 73.4 cm³/mol. The lowest BCUT2D eigenvalue weighted by Crippen LogP contribution is -2.32. The zero-order valence-corrected chi connectivity index (χ0v) is 12.2. The maximum absolute atomic E-state index is 12.8. The minimum Gasteiger partial charge on any atom is -0.383 e. The molecule has 0 amide bonds. The first kappa shape index (κ1) is 15.2. The molecule has 0 bridgehead atoms. The summed E-state index contributed by atoms with van der Waals surface area (Å²) in [6, 6.07) is 3.94. The highest BCUT2D eigenvalue weighted by Crippen LogP contribution is 2.22. The van der Waals surface area contributed by atoms with E-state index >= 15 is 0 Å². The van der Waals surface area contributed by atoms with Crippen LogP contribution in [0.5, 0.6) is 0 Å². The van der Waals surface area contributed by atoms with Gasteiger partial charge in [0.05, 0.1) is 21.2 Å². The van der Waals surface area contributed by atoms with Crippen molar-refractivity contribution in [2.24, 2.45) is 0 Å². The molecule has 0 saturated heterocycles. The molecule has 0 radical (unpaired) electrons. The summed E-state index contributed by atoms with van der Waals surface area (Å²) in [6.45, 7) is 5.22. The third kappa shape index (κ3) is 3.85. The molecule has 0 unspecified atom stereocenters. The van der Waals surface area contributed by atoms with Crippen molar-refractivity contribution in [1.29, 1.82) is 0 Å². The van der Waals surface area contributed by atoms with Crippen LogP contribution in [0.1, 0.15) is 20.8 Å². The Morgan fingerprint density at radius 3 is 2.44 bits per heavy atom. The summed E-state index contributed by atoms with van der Waals surface area (Å²) in [7, 11) is -3.17. The molecule has 102 valence electrons. The topological polar surface area (TPSA) is 46.2 Å². The van der Waals surface area contributed by atoms with Gasteiger partial charge >= 0.3 is 0 Å². The van der Waals surface area contributed by atoms with E-state index in [1.807, 2.05) is 0 Å². The highest BCUT2D eigenvalue weighted by molar-refractivity contribution is 7.92. The zero-order valence-electron chi connectivity index (χ0n) is 10.6. The maximum Gasteiger partial charge on any atom is 0.156 e. The second kappa shape index (κ2) is 5.45. The Hall–Kier alpha value is -0.810. The van der Waals surface area contributed by atoms with Crippen molar-refractivity contribution < 1.29 is 12.8 Å². The lowest BCUT2D eigenvalue weighted by atomic mass is 10.3. The molecule has 18 heavy (non-hydrogen) atoms. The molecule has 0 heterocycles. The molecular weight excluding hydrogens is 277 g/mol. The van der Waals surface area contributed by atoms with Gasteiger partial charge in [0.1, 0.15) is 5.82 Å². The van der Waals surface area contributed by atoms with E-state index in [0.29, 0.717) is 5.69 Å². The minimum absolute atomic E-state index is 0.00417. The van der Waals surface area contributed by atoms with Crippen LogP contribution < -0.4 is 5.32 Å². The van der Waals surface area contributed by atoms with Crippen molar-refractivity contribution in [1.82, 2.24) is 0 Å². The molecule has 0 atom stereocenters. The van der Waals surface area contributed by atoms with Crippen molar-refractivity contribution in [2.75, 3.05) is 17.6 Å². The van der Waals surface area contributed by atoms with Crippen LogP contribution >= 0.6 is 11.6 Å². The Bertz CT molecular complexity index is 523. The Morgan fingerprint density at radius 1 is 1.33 bits per heavy atom. The van der Waals surface area contributed by atoms with Crippen LogP contribution in [0.15, 0.2) is 18.2 Å². The van der Waals surface area contributed by atoms with E-state index in [0.717, 1.165) is 0 Å². The number of nitrogens with one attached hydrogen (secondary N) is 1. The van der Waals surface area contributed by atoms with Gasteiger partial charge in [-0.2, -0.15) is 0 Å². The fraction of sp³-hybridized carbons (Fsp3) is 0.500. The third-order valence-electron chi connectivity index (χ3n) is 2.55. The highest BCUT2D eigenvalue weighted by atomic mass is 35.5. The first-order chi connectivity index (χ1) is 8.13. The molecule has 3 nitrogen and oxygen atoms in total. The normalized spacial score (nSPS) is 12.5. The van der Waals surface area contributed by atoms with Gasteiger partial charge in [0.25, 0.3) is 0 Å². The summed E-state index contributed by atoms with van der Waals surface area (Å²) >= 11 is 5.82. The quantitative estimate of drug-likeness (QED) is 0.928. The van der Waals surface area contributed by atoms with Gasteiger partial charge in [-0.05, 0) is 39.0 Å². The number of anilines is 1. The number of hydrogen-bond acceptors (Lipinski definition) is 3. The smallest absolute Gasteiger partial charge is 0.156 e. The first-order valence-corrected chi connectivity index (χ1v) is 7.58. The van der Waals surface area contributed by atoms with Crippen LogP contribution in [-0.2, 0) is 9.84 Å². The van der Waals surface area contributed by atoms with Crippen molar-refractivity contribution >= 4 is 27.1 Å². The summed E-state index contributed by atoms with van der Waals surface area (Å²) in [5.41, 5.74) is 0.530. The monoisotopic (exact) mass is 293 g/mol. The van der Waals surface area contributed by atoms with Crippen LogP contribution in [0.3, 0.4) is 0 Å². The molecule has 1 N–H and O–H groups in total. The molecule has 0 aromatic heterocycles. The standard InChI is InChI=1S/C12H17ClFNO2S/c1-12(2,3)18(16,17)7-6-15-11-5-4-9(14)8-10(11)13/h4-5,8,15H,6-7H2,1-3H3. The number of rotatable bonds is 4. The number of hydrogen-bond donors (Lipinski definition) is 1. The average molecular weight is 294 g/mol. The van der Waals surface area contributed by atoms with Gasteiger partial charge in [-0.15, -0.1) is 0 Å². The van der Waals surface area contributed by atoms with Crippen molar-refractivity contribution in [3.05, 3.63) is 29.0 Å². The first-order valence-electron chi connectivity index (χ1n) is 5.55. The Balaban J connectivity index is 2.63. The van der Waals surface area contributed by atoms with E-state index in [9.17, 15) is 12.8 Å². The third-order valence-corrected chi connectivity index (χ3v) is 5.47. The number of benzene rings is 1. The van der Waals surface area contributed by atoms with Crippen molar-refractivity contribution in [2.45, 2.75) is 25.5 Å². The van der Waals surface area contributed by atoms with Crippen molar-refractivity contribution in [3.8, 4) is 0 Å². The van der Waals surface area contributed by atoms with E-state index in [1.165, 1.54) is 18.2 Å². The van der Waals surface area contributed by atoms with Gasteiger partial charge in [0, 0.05) is 6.54 Å². The fourth-order valence-electron chi connectivity index (χ4n) is 1.26. The van der Waals surface area contributed by atoms with Gasteiger partial charge in [0.15, 0.2) is 9.84 Å². The lowest BCUT2D eigenvalue weighted by Gasteiger charge is -2.19. The van der Waals surface area contributed by atoms with Crippen LogP contribution in [-0.4, -0.2) is 25.5 Å². The Morgan fingerprint density at radius 2 is 1.94 bits per heavy atom. The molecule has 0 saturated carbocycles. The Kier molecular flexibility index (Phi) is 4.61. The van der Waals surface area contributed by atoms with Gasteiger partial charge in [-0.3, -0.25) is 0 Å². The van der Waals surface area contributed by atoms with E-state index in [4.69, 9.17) is 11.6 Å². The highest BCUT2D eigenvalue weighted by Gasteiger charge is 2.28. The fourth-order valence-corrected chi connectivity index (χ4v) is 2.48. The molecule has 6 heteroatoms. The maximum atomic E-state index is 12.8. The molecule has 0 fully saturated rings. The van der Waals surface area contributed by atoms with E-state index in [2.05, 4.69) is 5.32 Å². The lowest BCUT2D eigenvalue weighted by molar-refractivity contribution is 0.560. The molecule has 0 aliphatic carbocycles. The van der Waals surface area contributed by atoms with E-state index in [-0.39, 0.29) is 17.3 Å². The molecule has 0 aliphatic rings. The van der Waals surface area contributed by atoms with Gasteiger partial charge in [-0.25, -0.2) is 12.8 Å². The summed E-state index contributed by atoms with van der Waals surface area (Å²) in [5.74, 6) is -0.419. The van der Waals surface area contributed by atoms with Crippen LogP contribution in [0.2, 0.25) is 5.02 Å². The van der Waals surface area contributed by atoms with Gasteiger partial charge in [0.2, 0.25) is 0 Å². The Labute approximate surface area is 112 Å². The number of sulfone groups is 1. The predicted octanol–water partition coefficient (Wildman–Crippen LogP) is 3.10. The summed E-state index contributed by atoms with van der Waals surface area (Å²) < 4.78 is 35.7. The van der Waals surface area contributed by atoms with Crippen LogP contribution in [0.4, 0.5) is 10.1 Å². The van der Waals surface area contributed by atoms with E-state index < -0.39 is 20.4 Å². The van der Waals surface area contributed by atoms with Crippen LogP contribution in [0.25, 0.3) is 0 Å². The van der Waals surface area contributed by atoms with E-state index in [1.54, 1.807) is 20.8 Å². The van der Waals surface area contributed by atoms with Gasteiger partial charge in [-0.1, -0.05) is 11.6 Å². The SMILES string of the molecule is CC(C)(C)S(=O)(=O)CCNc1ccc(F)cc1Cl. The minimum atomic E-state index is -3.17. The molecule has 1 rings (SSSR count). The summed E-state index contributed by atoms with van der Waals surface area (Å²) in [6.07, 6.45) is 0. The molecular formula is C12H17ClFNO2S. The molecule has 1 aromatic carbocycles. The number of halogens is 2. The van der Waals surface area contributed by atoms with Crippen molar-refractivity contribution in [3.63, 3.8) is 0 Å².